The SMILES string of the molecule is CC1(C(=O)NCC2CCCC2Br)CCCS1. The van der Waals surface area contributed by atoms with E-state index in [-0.39, 0.29) is 10.7 Å². The Labute approximate surface area is 110 Å². The lowest BCUT2D eigenvalue weighted by Crippen LogP contribution is -2.42. The summed E-state index contributed by atoms with van der Waals surface area (Å²) in [5.74, 6) is 2.02. The van der Waals surface area contributed by atoms with Crippen molar-refractivity contribution in [2.45, 2.75) is 48.6 Å². The van der Waals surface area contributed by atoms with Gasteiger partial charge in [0.05, 0.1) is 4.75 Å². The molecule has 0 radical (unpaired) electrons. The summed E-state index contributed by atoms with van der Waals surface area (Å²) in [5, 5.41) is 3.15. The van der Waals surface area contributed by atoms with E-state index in [1.54, 1.807) is 0 Å². The number of carbonyl (C=O) groups excluding carboxylic acids is 1. The Kier molecular flexibility index (Phi) is 4.22. The highest BCUT2D eigenvalue weighted by molar-refractivity contribution is 9.09. The van der Waals surface area contributed by atoms with E-state index in [0.29, 0.717) is 10.7 Å². The first kappa shape index (κ1) is 12.7. The second kappa shape index (κ2) is 5.30. The monoisotopic (exact) mass is 305 g/mol. The maximum atomic E-state index is 12.1. The summed E-state index contributed by atoms with van der Waals surface area (Å²) < 4.78 is -0.152. The summed E-state index contributed by atoms with van der Waals surface area (Å²) in [5.41, 5.74) is 0. The Bertz CT molecular complexity index is 266. The van der Waals surface area contributed by atoms with Crippen LogP contribution in [-0.4, -0.2) is 27.8 Å². The van der Waals surface area contributed by atoms with Gasteiger partial charge in [-0.25, -0.2) is 0 Å². The fourth-order valence-electron chi connectivity index (χ4n) is 2.59. The Hall–Kier alpha value is 0.300. The van der Waals surface area contributed by atoms with Crippen molar-refractivity contribution < 1.29 is 4.79 Å². The molecule has 16 heavy (non-hydrogen) atoms. The van der Waals surface area contributed by atoms with Gasteiger partial charge in [-0.15, -0.1) is 11.8 Å². The fraction of sp³-hybridized carbons (Fsp3) is 0.917. The maximum absolute atomic E-state index is 12.1. The van der Waals surface area contributed by atoms with Crippen LogP contribution < -0.4 is 5.32 Å². The van der Waals surface area contributed by atoms with Gasteiger partial charge in [0.15, 0.2) is 0 Å². The first-order chi connectivity index (χ1) is 7.62. The molecule has 2 nitrogen and oxygen atoms in total. The number of thioether (sulfide) groups is 1. The topological polar surface area (TPSA) is 29.1 Å². The maximum Gasteiger partial charge on any atom is 0.235 e. The predicted octanol–water partition coefficient (Wildman–Crippen LogP) is 2.95. The van der Waals surface area contributed by atoms with E-state index in [1.165, 1.54) is 25.7 Å². The van der Waals surface area contributed by atoms with Gasteiger partial charge < -0.3 is 5.32 Å². The molecule has 0 aromatic carbocycles. The van der Waals surface area contributed by atoms with Crippen molar-refractivity contribution in [3.8, 4) is 0 Å². The minimum Gasteiger partial charge on any atom is -0.355 e. The van der Waals surface area contributed by atoms with Gasteiger partial charge in [-0.05, 0) is 44.3 Å². The highest BCUT2D eigenvalue weighted by atomic mass is 79.9. The lowest BCUT2D eigenvalue weighted by atomic mass is 10.0. The fourth-order valence-corrected chi connectivity index (χ4v) is 4.60. The third-order valence-electron chi connectivity index (χ3n) is 3.79. The molecule has 3 atom stereocenters. The first-order valence-electron chi connectivity index (χ1n) is 6.18. The molecule has 3 unspecified atom stereocenters. The summed E-state index contributed by atoms with van der Waals surface area (Å²) >= 11 is 5.51. The van der Waals surface area contributed by atoms with Gasteiger partial charge in [0.1, 0.15) is 0 Å². The van der Waals surface area contributed by atoms with Gasteiger partial charge >= 0.3 is 0 Å². The largest absolute Gasteiger partial charge is 0.355 e. The number of hydrogen-bond acceptors (Lipinski definition) is 2. The molecule has 2 rings (SSSR count). The van der Waals surface area contributed by atoms with E-state index in [0.717, 1.165) is 18.7 Å². The van der Waals surface area contributed by atoms with Crippen LogP contribution in [0, 0.1) is 5.92 Å². The summed E-state index contributed by atoms with van der Waals surface area (Å²) in [4.78, 5) is 12.7. The van der Waals surface area contributed by atoms with Crippen LogP contribution in [-0.2, 0) is 4.79 Å². The lowest BCUT2D eigenvalue weighted by Gasteiger charge is -2.23. The number of hydrogen-bond donors (Lipinski definition) is 1. The van der Waals surface area contributed by atoms with Crippen molar-refractivity contribution in [2.75, 3.05) is 12.3 Å². The zero-order chi connectivity index (χ0) is 11.6. The molecule has 1 saturated heterocycles. The Morgan fingerprint density at radius 3 is 2.88 bits per heavy atom. The Morgan fingerprint density at radius 1 is 1.50 bits per heavy atom. The third kappa shape index (κ3) is 2.76. The van der Waals surface area contributed by atoms with Crippen LogP contribution >= 0.6 is 27.7 Å². The van der Waals surface area contributed by atoms with Crippen LogP contribution in [0.1, 0.15) is 39.0 Å². The molecule has 0 aromatic heterocycles. The molecular weight excluding hydrogens is 286 g/mol. The molecule has 1 saturated carbocycles. The van der Waals surface area contributed by atoms with E-state index >= 15 is 0 Å². The Morgan fingerprint density at radius 2 is 2.31 bits per heavy atom. The van der Waals surface area contributed by atoms with Crippen molar-refractivity contribution in [3.05, 3.63) is 0 Å². The highest BCUT2D eigenvalue weighted by Crippen LogP contribution is 2.38. The molecule has 1 aliphatic carbocycles. The van der Waals surface area contributed by atoms with Crippen molar-refractivity contribution in [1.29, 1.82) is 0 Å². The van der Waals surface area contributed by atoms with Crippen LogP contribution in [0.2, 0.25) is 0 Å². The Balaban J connectivity index is 1.79. The molecular formula is C12H20BrNOS. The van der Waals surface area contributed by atoms with Crippen molar-refractivity contribution in [3.63, 3.8) is 0 Å². The molecule has 1 amide bonds. The van der Waals surface area contributed by atoms with E-state index in [2.05, 4.69) is 28.2 Å². The average Bonchev–Trinajstić information content (AvgIpc) is 2.85. The smallest absolute Gasteiger partial charge is 0.235 e. The molecule has 2 aliphatic rings. The van der Waals surface area contributed by atoms with Gasteiger partial charge in [0, 0.05) is 11.4 Å². The quantitative estimate of drug-likeness (QED) is 0.812. The van der Waals surface area contributed by atoms with E-state index in [4.69, 9.17) is 0 Å². The molecule has 0 aromatic rings. The summed E-state index contributed by atoms with van der Waals surface area (Å²) in [7, 11) is 0. The van der Waals surface area contributed by atoms with Crippen LogP contribution in [0.25, 0.3) is 0 Å². The second-order valence-electron chi connectivity index (χ2n) is 5.10. The number of carbonyl (C=O) groups is 1. The minimum atomic E-state index is -0.152. The standard InChI is InChI=1S/C12H20BrNOS/c1-12(6-3-7-16-12)11(15)14-8-9-4-2-5-10(9)13/h9-10H,2-8H2,1H3,(H,14,15). The van der Waals surface area contributed by atoms with Crippen LogP contribution in [0.3, 0.4) is 0 Å². The second-order valence-corrected chi connectivity index (χ2v) is 7.87. The molecule has 92 valence electrons. The molecule has 4 heteroatoms. The number of alkyl halides is 1. The summed E-state index contributed by atoms with van der Waals surface area (Å²) in [6.07, 6.45) is 6.01. The number of rotatable bonds is 3. The lowest BCUT2D eigenvalue weighted by molar-refractivity contribution is -0.123. The van der Waals surface area contributed by atoms with Crippen LogP contribution in [0.5, 0.6) is 0 Å². The molecule has 1 heterocycles. The number of halogens is 1. The number of amides is 1. The van der Waals surface area contributed by atoms with Gasteiger partial charge in [0.2, 0.25) is 5.91 Å². The molecule has 1 aliphatic heterocycles. The zero-order valence-corrected chi connectivity index (χ0v) is 12.2. The van der Waals surface area contributed by atoms with E-state index in [9.17, 15) is 4.79 Å². The first-order valence-corrected chi connectivity index (χ1v) is 8.08. The predicted molar refractivity (Wildman–Crippen MR) is 73.2 cm³/mol. The van der Waals surface area contributed by atoms with Crippen LogP contribution in [0.4, 0.5) is 0 Å². The number of nitrogens with one attached hydrogen (secondary N) is 1. The van der Waals surface area contributed by atoms with E-state index in [1.807, 2.05) is 11.8 Å². The van der Waals surface area contributed by atoms with Gasteiger partial charge in [0.25, 0.3) is 0 Å². The van der Waals surface area contributed by atoms with Crippen LogP contribution in [0.15, 0.2) is 0 Å². The molecule has 2 fully saturated rings. The van der Waals surface area contributed by atoms with Crippen molar-refractivity contribution in [1.82, 2.24) is 5.32 Å². The summed E-state index contributed by atoms with van der Waals surface area (Å²) in [6.45, 7) is 2.94. The zero-order valence-electron chi connectivity index (χ0n) is 9.80. The normalized spacial score (nSPS) is 38.9. The minimum absolute atomic E-state index is 0.152. The van der Waals surface area contributed by atoms with E-state index < -0.39 is 0 Å². The van der Waals surface area contributed by atoms with Gasteiger partial charge in [-0.3, -0.25) is 4.79 Å². The van der Waals surface area contributed by atoms with Crippen molar-refractivity contribution in [2.24, 2.45) is 5.92 Å². The van der Waals surface area contributed by atoms with Gasteiger partial charge in [-0.2, -0.15) is 0 Å². The molecule has 1 N–H and O–H groups in total. The highest BCUT2D eigenvalue weighted by Gasteiger charge is 2.37. The summed E-state index contributed by atoms with van der Waals surface area (Å²) in [6, 6.07) is 0. The molecule has 0 spiro atoms. The average molecular weight is 306 g/mol. The van der Waals surface area contributed by atoms with Gasteiger partial charge in [-0.1, -0.05) is 22.4 Å². The molecule has 0 bridgehead atoms. The third-order valence-corrected chi connectivity index (χ3v) is 6.52. The van der Waals surface area contributed by atoms with Crippen molar-refractivity contribution >= 4 is 33.6 Å².